The summed E-state index contributed by atoms with van der Waals surface area (Å²) in [5.74, 6) is 0.733. The van der Waals surface area contributed by atoms with Gasteiger partial charge in [-0.1, -0.05) is 20.8 Å². The Labute approximate surface area is 63.3 Å². The van der Waals surface area contributed by atoms with Crippen molar-refractivity contribution >= 4 is 5.71 Å². The van der Waals surface area contributed by atoms with Gasteiger partial charge in [0.25, 0.3) is 0 Å². The third-order valence-electron chi connectivity index (χ3n) is 2.19. The topological polar surface area (TPSA) is 23.9 Å². The van der Waals surface area contributed by atoms with Crippen LogP contribution in [0.2, 0.25) is 0 Å². The van der Waals surface area contributed by atoms with E-state index >= 15 is 0 Å². The second kappa shape index (κ2) is 2.37. The minimum atomic E-state index is 0.398. The molecule has 1 rings (SSSR count). The van der Waals surface area contributed by atoms with Gasteiger partial charge in [0, 0.05) is 5.71 Å². The molecular formula is C9H17N. The van der Waals surface area contributed by atoms with Crippen molar-refractivity contribution in [2.75, 3.05) is 0 Å². The van der Waals surface area contributed by atoms with Gasteiger partial charge in [-0.05, 0) is 30.6 Å². The Morgan fingerprint density at radius 2 is 2.10 bits per heavy atom. The Bertz CT molecular complexity index is 147. The van der Waals surface area contributed by atoms with Gasteiger partial charge in [0.05, 0.1) is 0 Å². The molecule has 0 aromatic carbocycles. The first kappa shape index (κ1) is 7.77. The lowest BCUT2D eigenvalue weighted by Gasteiger charge is -2.33. The van der Waals surface area contributed by atoms with E-state index in [-0.39, 0.29) is 0 Å². The third kappa shape index (κ3) is 1.83. The van der Waals surface area contributed by atoms with Crippen LogP contribution >= 0.6 is 0 Å². The van der Waals surface area contributed by atoms with E-state index in [1.807, 2.05) is 0 Å². The molecule has 1 N–H and O–H groups in total. The SMILES string of the molecule is CC1CC(=N)CC(C)(C)C1. The van der Waals surface area contributed by atoms with Gasteiger partial charge in [0.2, 0.25) is 0 Å². The molecule has 1 nitrogen and oxygen atoms in total. The molecule has 0 aromatic heterocycles. The normalized spacial score (nSPS) is 32.3. The van der Waals surface area contributed by atoms with Crippen molar-refractivity contribution in [3.63, 3.8) is 0 Å². The average Bonchev–Trinajstić information content (AvgIpc) is 1.54. The smallest absolute Gasteiger partial charge is 0.00971 e. The van der Waals surface area contributed by atoms with Crippen LogP contribution < -0.4 is 0 Å². The highest BCUT2D eigenvalue weighted by atomic mass is 14.5. The van der Waals surface area contributed by atoms with Crippen LogP contribution in [0.1, 0.15) is 40.0 Å². The van der Waals surface area contributed by atoms with E-state index in [1.165, 1.54) is 6.42 Å². The predicted molar refractivity (Wildman–Crippen MR) is 44.5 cm³/mol. The lowest BCUT2D eigenvalue weighted by Crippen LogP contribution is -2.26. The summed E-state index contributed by atoms with van der Waals surface area (Å²) >= 11 is 0. The predicted octanol–water partition coefficient (Wildman–Crippen LogP) is 2.85. The maximum Gasteiger partial charge on any atom is 0.00971 e. The molecule has 0 heterocycles. The van der Waals surface area contributed by atoms with Crippen LogP contribution in [-0.4, -0.2) is 5.71 Å². The van der Waals surface area contributed by atoms with E-state index in [0.29, 0.717) is 5.41 Å². The summed E-state index contributed by atoms with van der Waals surface area (Å²) in [6.07, 6.45) is 3.33. The van der Waals surface area contributed by atoms with Gasteiger partial charge in [-0.2, -0.15) is 0 Å². The number of hydrogen-bond donors (Lipinski definition) is 1. The van der Waals surface area contributed by atoms with Crippen molar-refractivity contribution in [1.82, 2.24) is 0 Å². The Kier molecular flexibility index (Phi) is 1.84. The fourth-order valence-electron chi connectivity index (χ4n) is 2.16. The Morgan fingerprint density at radius 3 is 2.50 bits per heavy atom. The first-order valence-corrected chi connectivity index (χ1v) is 4.06. The van der Waals surface area contributed by atoms with Crippen LogP contribution in [0.25, 0.3) is 0 Å². The van der Waals surface area contributed by atoms with Crippen molar-refractivity contribution in [2.45, 2.75) is 40.0 Å². The summed E-state index contributed by atoms with van der Waals surface area (Å²) in [5, 5.41) is 7.57. The summed E-state index contributed by atoms with van der Waals surface area (Å²) in [6, 6.07) is 0. The molecule has 0 spiro atoms. The quantitative estimate of drug-likeness (QED) is 0.533. The Morgan fingerprint density at radius 1 is 1.50 bits per heavy atom. The van der Waals surface area contributed by atoms with E-state index < -0.39 is 0 Å². The zero-order valence-electron chi connectivity index (χ0n) is 7.20. The van der Waals surface area contributed by atoms with Crippen molar-refractivity contribution in [2.24, 2.45) is 11.3 Å². The molecule has 1 unspecified atom stereocenters. The van der Waals surface area contributed by atoms with Gasteiger partial charge in [0.1, 0.15) is 0 Å². The summed E-state index contributed by atoms with van der Waals surface area (Å²) in [7, 11) is 0. The summed E-state index contributed by atoms with van der Waals surface area (Å²) in [5.41, 5.74) is 1.35. The van der Waals surface area contributed by atoms with E-state index in [0.717, 1.165) is 24.5 Å². The van der Waals surface area contributed by atoms with Crippen LogP contribution in [0.3, 0.4) is 0 Å². The van der Waals surface area contributed by atoms with Crippen LogP contribution in [0.5, 0.6) is 0 Å². The summed E-state index contributed by atoms with van der Waals surface area (Å²) < 4.78 is 0. The minimum absolute atomic E-state index is 0.398. The second-order valence-corrected chi connectivity index (χ2v) is 4.46. The molecule has 1 heteroatoms. The van der Waals surface area contributed by atoms with Crippen molar-refractivity contribution in [3.8, 4) is 0 Å². The highest BCUT2D eigenvalue weighted by molar-refractivity contribution is 5.82. The average molecular weight is 139 g/mol. The Balaban J connectivity index is 2.59. The second-order valence-electron chi connectivity index (χ2n) is 4.46. The molecule has 1 atom stereocenters. The number of nitrogens with one attached hydrogen (secondary N) is 1. The molecule has 1 saturated carbocycles. The molecule has 1 fully saturated rings. The molecule has 0 amide bonds. The van der Waals surface area contributed by atoms with E-state index in [4.69, 9.17) is 5.41 Å². The highest BCUT2D eigenvalue weighted by Crippen LogP contribution is 2.36. The van der Waals surface area contributed by atoms with Crippen LogP contribution in [0, 0.1) is 16.7 Å². The molecule has 0 aromatic rings. The molecule has 0 radical (unpaired) electrons. The zero-order chi connectivity index (χ0) is 7.78. The van der Waals surface area contributed by atoms with E-state index in [1.54, 1.807) is 0 Å². The number of rotatable bonds is 0. The molecule has 1 aliphatic carbocycles. The maximum absolute atomic E-state index is 7.57. The zero-order valence-corrected chi connectivity index (χ0v) is 7.20. The van der Waals surface area contributed by atoms with Crippen molar-refractivity contribution in [3.05, 3.63) is 0 Å². The highest BCUT2D eigenvalue weighted by Gasteiger charge is 2.28. The Hall–Kier alpha value is -0.330. The first-order valence-electron chi connectivity index (χ1n) is 4.06. The van der Waals surface area contributed by atoms with Crippen LogP contribution in [0.4, 0.5) is 0 Å². The van der Waals surface area contributed by atoms with E-state index in [2.05, 4.69) is 20.8 Å². The molecule has 0 bridgehead atoms. The first-order chi connectivity index (χ1) is 4.49. The van der Waals surface area contributed by atoms with Gasteiger partial charge >= 0.3 is 0 Å². The van der Waals surface area contributed by atoms with Crippen LogP contribution in [0.15, 0.2) is 0 Å². The summed E-state index contributed by atoms with van der Waals surface area (Å²) in [6.45, 7) is 6.77. The molecule has 0 saturated heterocycles. The molecular weight excluding hydrogens is 122 g/mol. The molecule has 10 heavy (non-hydrogen) atoms. The van der Waals surface area contributed by atoms with Crippen LogP contribution in [-0.2, 0) is 0 Å². The van der Waals surface area contributed by atoms with Gasteiger partial charge < -0.3 is 5.41 Å². The van der Waals surface area contributed by atoms with E-state index in [9.17, 15) is 0 Å². The standard InChI is InChI=1S/C9H17N/c1-7-4-8(10)6-9(2,3)5-7/h7,10H,4-6H2,1-3H3. The van der Waals surface area contributed by atoms with Gasteiger partial charge in [-0.25, -0.2) is 0 Å². The van der Waals surface area contributed by atoms with Crippen molar-refractivity contribution < 1.29 is 0 Å². The maximum atomic E-state index is 7.57. The van der Waals surface area contributed by atoms with Gasteiger partial charge in [-0.15, -0.1) is 0 Å². The van der Waals surface area contributed by atoms with Gasteiger partial charge in [-0.3, -0.25) is 0 Å². The molecule has 58 valence electrons. The minimum Gasteiger partial charge on any atom is -0.310 e. The monoisotopic (exact) mass is 139 g/mol. The fourth-order valence-corrected chi connectivity index (χ4v) is 2.16. The van der Waals surface area contributed by atoms with Gasteiger partial charge in [0.15, 0.2) is 0 Å². The molecule has 0 aliphatic heterocycles. The summed E-state index contributed by atoms with van der Waals surface area (Å²) in [4.78, 5) is 0. The third-order valence-corrected chi connectivity index (χ3v) is 2.19. The lowest BCUT2D eigenvalue weighted by molar-refractivity contribution is 0.265. The van der Waals surface area contributed by atoms with Crippen molar-refractivity contribution in [1.29, 1.82) is 5.41 Å². The number of hydrogen-bond acceptors (Lipinski definition) is 1. The molecule has 1 aliphatic rings. The lowest BCUT2D eigenvalue weighted by atomic mass is 9.72. The fraction of sp³-hybridized carbons (Fsp3) is 0.889. The largest absolute Gasteiger partial charge is 0.310 e.